The van der Waals surface area contributed by atoms with Gasteiger partial charge in [0.05, 0.1) is 16.8 Å². The van der Waals surface area contributed by atoms with E-state index >= 15 is 0 Å². The minimum Gasteiger partial charge on any atom is -0.494 e. The van der Waals surface area contributed by atoms with E-state index in [0.717, 1.165) is 21.5 Å². The third-order valence-corrected chi connectivity index (χ3v) is 6.04. The minimum absolute atomic E-state index is 0.00799. The fraction of sp³-hybridized carbons (Fsp3) is 0.208. The first-order valence-corrected chi connectivity index (χ1v) is 11.0. The number of aromatic nitrogens is 2. The molecule has 2 heterocycles. The lowest BCUT2D eigenvalue weighted by molar-refractivity contribution is -0.116. The van der Waals surface area contributed by atoms with E-state index in [1.54, 1.807) is 29.7 Å². The van der Waals surface area contributed by atoms with Gasteiger partial charge in [0, 0.05) is 17.0 Å². The highest BCUT2D eigenvalue weighted by Gasteiger charge is 2.19. The summed E-state index contributed by atoms with van der Waals surface area (Å²) >= 11 is 1.36. The van der Waals surface area contributed by atoms with Crippen molar-refractivity contribution in [2.75, 3.05) is 11.9 Å². The van der Waals surface area contributed by atoms with Crippen LogP contribution in [0.5, 0.6) is 5.75 Å². The zero-order chi connectivity index (χ0) is 22.8. The highest BCUT2D eigenvalue weighted by atomic mass is 32.1. The summed E-state index contributed by atoms with van der Waals surface area (Å²) in [6.45, 7) is 5.76. The average Bonchev–Trinajstić information content (AvgIpc) is 3.29. The zero-order valence-corrected chi connectivity index (χ0v) is 18.8. The number of nitrogens with zero attached hydrogens (tertiary/aromatic N) is 2. The van der Waals surface area contributed by atoms with Crippen LogP contribution in [0.2, 0.25) is 0 Å². The summed E-state index contributed by atoms with van der Waals surface area (Å²) < 4.78 is 21.6. The van der Waals surface area contributed by atoms with Gasteiger partial charge in [-0.2, -0.15) is 0 Å². The number of Topliss-reactive ketones (excluding diaryl/α,β-unsaturated/α-hetero) is 1. The molecule has 1 amide bonds. The number of thiazole rings is 1. The van der Waals surface area contributed by atoms with Gasteiger partial charge in [-0.15, -0.1) is 0 Å². The maximum absolute atomic E-state index is 13.4. The predicted octanol–water partition coefficient (Wildman–Crippen LogP) is 5.45. The first-order valence-electron chi connectivity index (χ1n) is 10.2. The number of halogens is 1. The van der Waals surface area contributed by atoms with E-state index in [4.69, 9.17) is 4.74 Å². The van der Waals surface area contributed by atoms with Crippen molar-refractivity contribution in [1.82, 2.24) is 9.55 Å². The number of carbonyl (C=O) groups is 2. The Morgan fingerprint density at radius 1 is 1.16 bits per heavy atom. The van der Waals surface area contributed by atoms with Crippen molar-refractivity contribution < 1.29 is 18.7 Å². The van der Waals surface area contributed by atoms with Crippen LogP contribution in [0, 0.1) is 12.7 Å². The molecule has 2 aromatic carbocycles. The first-order chi connectivity index (χ1) is 15.4. The summed E-state index contributed by atoms with van der Waals surface area (Å²) in [5.41, 5.74) is 3.38. The van der Waals surface area contributed by atoms with Crippen LogP contribution in [-0.4, -0.2) is 27.8 Å². The lowest BCUT2D eigenvalue weighted by atomic mass is 10.1. The summed E-state index contributed by atoms with van der Waals surface area (Å²) in [5.74, 6) is 0.0363. The van der Waals surface area contributed by atoms with Gasteiger partial charge in [0.1, 0.15) is 18.1 Å². The molecule has 0 aliphatic rings. The van der Waals surface area contributed by atoms with E-state index in [-0.39, 0.29) is 24.1 Å². The highest BCUT2D eigenvalue weighted by Crippen LogP contribution is 2.30. The molecule has 0 saturated heterocycles. The molecule has 2 aromatic heterocycles. The second-order valence-electron chi connectivity index (χ2n) is 7.31. The molecule has 6 nitrogen and oxygen atoms in total. The van der Waals surface area contributed by atoms with Gasteiger partial charge in [-0.1, -0.05) is 11.3 Å². The molecule has 8 heteroatoms. The van der Waals surface area contributed by atoms with Crippen molar-refractivity contribution in [3.05, 3.63) is 65.6 Å². The van der Waals surface area contributed by atoms with Gasteiger partial charge in [-0.3, -0.25) is 9.59 Å². The molecule has 164 valence electrons. The standard InChI is InChI=1S/C24H22FN3O3S/c1-4-31-18-9-10-20-22(11-18)32-24(26-20)27-23(30)13-28-14(2)19(15(3)29)12-21(28)16-5-7-17(25)8-6-16/h5-12H,4,13H2,1-3H3,(H,26,27,30). The number of amides is 1. The molecule has 0 aliphatic heterocycles. The number of ketones is 1. The van der Waals surface area contributed by atoms with Gasteiger partial charge in [-0.05, 0) is 74.9 Å². The van der Waals surface area contributed by atoms with Crippen LogP contribution in [0.3, 0.4) is 0 Å². The fourth-order valence-electron chi connectivity index (χ4n) is 3.58. The van der Waals surface area contributed by atoms with Gasteiger partial charge in [0.25, 0.3) is 0 Å². The topological polar surface area (TPSA) is 73.2 Å². The van der Waals surface area contributed by atoms with Crippen LogP contribution in [-0.2, 0) is 11.3 Å². The van der Waals surface area contributed by atoms with Crippen molar-refractivity contribution >= 4 is 38.4 Å². The molecule has 4 rings (SSSR count). The molecule has 0 radical (unpaired) electrons. The van der Waals surface area contributed by atoms with Crippen molar-refractivity contribution in [1.29, 1.82) is 0 Å². The quantitative estimate of drug-likeness (QED) is 0.379. The number of nitrogens with one attached hydrogen (secondary N) is 1. The summed E-state index contributed by atoms with van der Waals surface area (Å²) in [4.78, 5) is 29.4. The predicted molar refractivity (Wildman–Crippen MR) is 124 cm³/mol. The number of carbonyl (C=O) groups excluding carboxylic acids is 2. The van der Waals surface area contributed by atoms with Gasteiger partial charge in [0.15, 0.2) is 10.9 Å². The Labute approximate surface area is 188 Å². The van der Waals surface area contributed by atoms with Crippen molar-refractivity contribution in [2.24, 2.45) is 0 Å². The molecule has 0 atom stereocenters. The minimum atomic E-state index is -0.351. The molecule has 0 spiro atoms. The Balaban J connectivity index is 1.60. The second-order valence-corrected chi connectivity index (χ2v) is 8.34. The summed E-state index contributed by atoms with van der Waals surface area (Å²) in [5, 5.41) is 3.33. The Morgan fingerprint density at radius 2 is 1.91 bits per heavy atom. The Hall–Kier alpha value is -3.52. The van der Waals surface area contributed by atoms with Crippen LogP contribution in [0.1, 0.15) is 29.9 Å². The molecular weight excluding hydrogens is 429 g/mol. The number of benzene rings is 2. The zero-order valence-electron chi connectivity index (χ0n) is 17.9. The van der Waals surface area contributed by atoms with Crippen molar-refractivity contribution in [2.45, 2.75) is 27.3 Å². The molecule has 0 fully saturated rings. The third-order valence-electron chi connectivity index (χ3n) is 5.10. The maximum atomic E-state index is 13.4. The molecule has 4 aromatic rings. The monoisotopic (exact) mass is 451 g/mol. The largest absolute Gasteiger partial charge is 0.494 e. The Morgan fingerprint density at radius 3 is 2.59 bits per heavy atom. The van der Waals surface area contributed by atoms with Gasteiger partial charge in [0.2, 0.25) is 5.91 Å². The molecule has 1 N–H and O–H groups in total. The van der Waals surface area contributed by atoms with E-state index in [9.17, 15) is 14.0 Å². The first kappa shape index (κ1) is 21.7. The van der Waals surface area contributed by atoms with Gasteiger partial charge < -0.3 is 14.6 Å². The van der Waals surface area contributed by atoms with Crippen LogP contribution < -0.4 is 10.1 Å². The van der Waals surface area contributed by atoms with Crippen molar-refractivity contribution in [3.63, 3.8) is 0 Å². The van der Waals surface area contributed by atoms with Crippen LogP contribution in [0.25, 0.3) is 21.5 Å². The number of hydrogen-bond donors (Lipinski definition) is 1. The maximum Gasteiger partial charge on any atom is 0.246 e. The molecule has 0 unspecified atom stereocenters. The second kappa shape index (κ2) is 8.92. The molecule has 0 aliphatic carbocycles. The van der Waals surface area contributed by atoms with E-state index < -0.39 is 0 Å². The smallest absolute Gasteiger partial charge is 0.246 e. The van der Waals surface area contributed by atoms with E-state index in [2.05, 4.69) is 10.3 Å². The normalized spacial score (nSPS) is 11.0. The molecule has 0 bridgehead atoms. The molecule has 32 heavy (non-hydrogen) atoms. The van der Waals surface area contributed by atoms with Crippen LogP contribution in [0.15, 0.2) is 48.5 Å². The van der Waals surface area contributed by atoms with Gasteiger partial charge in [-0.25, -0.2) is 9.37 Å². The highest BCUT2D eigenvalue weighted by molar-refractivity contribution is 7.22. The number of anilines is 1. The lowest BCUT2D eigenvalue weighted by Crippen LogP contribution is -2.20. The SMILES string of the molecule is CCOc1ccc2nc(NC(=O)Cn3c(-c4ccc(F)cc4)cc(C(C)=O)c3C)sc2c1. The number of hydrogen-bond acceptors (Lipinski definition) is 5. The lowest BCUT2D eigenvalue weighted by Gasteiger charge is -2.11. The van der Waals surface area contributed by atoms with Gasteiger partial charge >= 0.3 is 0 Å². The summed E-state index contributed by atoms with van der Waals surface area (Å²) in [7, 11) is 0. The summed E-state index contributed by atoms with van der Waals surface area (Å²) in [6.07, 6.45) is 0. The average molecular weight is 452 g/mol. The fourth-order valence-corrected chi connectivity index (χ4v) is 4.49. The number of ether oxygens (including phenoxy) is 1. The summed E-state index contributed by atoms with van der Waals surface area (Å²) in [6, 6.07) is 13.3. The van der Waals surface area contributed by atoms with Crippen molar-refractivity contribution in [3.8, 4) is 17.0 Å². The number of rotatable bonds is 7. The van der Waals surface area contributed by atoms with E-state index in [1.807, 2.05) is 25.1 Å². The molecule has 0 saturated carbocycles. The third kappa shape index (κ3) is 4.40. The Kier molecular flexibility index (Phi) is 6.05. The van der Waals surface area contributed by atoms with Crippen LogP contribution in [0.4, 0.5) is 9.52 Å². The van der Waals surface area contributed by atoms with E-state index in [1.165, 1.54) is 30.4 Å². The van der Waals surface area contributed by atoms with E-state index in [0.29, 0.717) is 28.7 Å². The molecular formula is C24H22FN3O3S. The number of fused-ring (bicyclic) bond motifs is 1. The van der Waals surface area contributed by atoms with Crippen LogP contribution >= 0.6 is 11.3 Å². The Bertz CT molecular complexity index is 1310.